The zero-order valence-electron chi connectivity index (χ0n) is 26.5. The van der Waals surface area contributed by atoms with Gasteiger partial charge in [0.05, 0.1) is 22.1 Å². The molecule has 0 aliphatic heterocycles. The van der Waals surface area contributed by atoms with E-state index < -0.39 is 0 Å². The second-order valence-corrected chi connectivity index (χ2v) is 15.6. The van der Waals surface area contributed by atoms with Gasteiger partial charge in [-0.2, -0.15) is 0 Å². The number of imidazole rings is 2. The highest BCUT2D eigenvalue weighted by atomic mass is 79.9. The van der Waals surface area contributed by atoms with Crippen molar-refractivity contribution in [3.05, 3.63) is 70.7 Å². The number of benzene rings is 3. The Balaban J connectivity index is 1.54. The standard InChI is InChI=1S/C38H45BrN4/c1-36(2,3)26-24-27(34-40-29-16-8-10-18-31(29)42(34)37(4)20-12-6-13-21-37)33(39)28(25-26)35-41-30-17-9-11-19-32(30)43(35)38(5)22-14-7-15-23-38/h8-11,16-19,24-25H,6-7,12-15,20-23H2,1-5H3. The first-order valence-electron chi connectivity index (χ1n) is 16.4. The molecular formula is C38H45BrN4. The molecular weight excluding hydrogens is 592 g/mol. The smallest absolute Gasteiger partial charge is 0.142 e. The van der Waals surface area contributed by atoms with Crippen LogP contribution >= 0.6 is 15.9 Å². The quantitative estimate of drug-likeness (QED) is 0.197. The summed E-state index contributed by atoms with van der Waals surface area (Å²) in [6, 6.07) is 22.2. The lowest BCUT2D eigenvalue weighted by atomic mass is 9.81. The molecule has 0 atom stereocenters. The van der Waals surface area contributed by atoms with Crippen molar-refractivity contribution in [2.75, 3.05) is 0 Å². The maximum Gasteiger partial charge on any atom is 0.142 e. The Labute approximate surface area is 265 Å². The molecule has 224 valence electrons. The van der Waals surface area contributed by atoms with Crippen LogP contribution in [0.1, 0.15) is 104 Å². The summed E-state index contributed by atoms with van der Waals surface area (Å²) in [5.41, 5.74) is 8.27. The topological polar surface area (TPSA) is 35.6 Å². The van der Waals surface area contributed by atoms with Crippen molar-refractivity contribution in [1.29, 1.82) is 0 Å². The first kappa shape index (κ1) is 28.8. The molecule has 7 rings (SSSR count). The molecule has 0 radical (unpaired) electrons. The second-order valence-electron chi connectivity index (χ2n) is 14.8. The van der Waals surface area contributed by atoms with Gasteiger partial charge in [-0.3, -0.25) is 0 Å². The molecule has 2 saturated carbocycles. The summed E-state index contributed by atoms with van der Waals surface area (Å²) in [6.45, 7) is 11.9. The van der Waals surface area contributed by atoms with Gasteiger partial charge in [0.15, 0.2) is 0 Å². The molecule has 4 nitrogen and oxygen atoms in total. The highest BCUT2D eigenvalue weighted by molar-refractivity contribution is 9.10. The minimum atomic E-state index is -0.0403. The van der Waals surface area contributed by atoms with Crippen molar-refractivity contribution in [3.8, 4) is 22.8 Å². The molecule has 0 spiro atoms. The van der Waals surface area contributed by atoms with Crippen molar-refractivity contribution in [2.45, 2.75) is 115 Å². The van der Waals surface area contributed by atoms with E-state index >= 15 is 0 Å². The SMILES string of the molecule is CC(C)(C)c1cc(-c2nc3ccccc3n2C2(C)CCCCC2)c(Br)c(-c2nc3ccccc3n2C2(C)CCCCC2)c1. The molecule has 0 bridgehead atoms. The zero-order chi connectivity index (χ0) is 30.0. The number of para-hydroxylation sites is 4. The van der Waals surface area contributed by atoms with Crippen LogP contribution in [-0.2, 0) is 16.5 Å². The van der Waals surface area contributed by atoms with Gasteiger partial charge in [-0.25, -0.2) is 9.97 Å². The summed E-state index contributed by atoms with van der Waals surface area (Å²) in [5.74, 6) is 2.13. The van der Waals surface area contributed by atoms with Crippen LogP contribution in [0.5, 0.6) is 0 Å². The van der Waals surface area contributed by atoms with Gasteiger partial charge in [-0.1, -0.05) is 83.6 Å². The number of hydrogen-bond donors (Lipinski definition) is 0. The van der Waals surface area contributed by atoms with E-state index in [9.17, 15) is 0 Å². The van der Waals surface area contributed by atoms with Crippen LogP contribution in [0.3, 0.4) is 0 Å². The van der Waals surface area contributed by atoms with E-state index in [1.54, 1.807) is 0 Å². The average Bonchev–Trinajstić information content (AvgIpc) is 3.57. The third kappa shape index (κ3) is 4.87. The fraction of sp³-hybridized carbons (Fsp3) is 0.474. The summed E-state index contributed by atoms with van der Waals surface area (Å²) < 4.78 is 6.26. The lowest BCUT2D eigenvalue weighted by molar-refractivity contribution is 0.227. The number of aromatic nitrogens is 4. The van der Waals surface area contributed by atoms with E-state index in [2.05, 4.69) is 120 Å². The van der Waals surface area contributed by atoms with Crippen LogP contribution < -0.4 is 0 Å². The van der Waals surface area contributed by atoms with Crippen molar-refractivity contribution in [2.24, 2.45) is 0 Å². The minimum absolute atomic E-state index is 0.0315. The van der Waals surface area contributed by atoms with E-state index in [4.69, 9.17) is 9.97 Å². The first-order chi connectivity index (χ1) is 20.6. The summed E-state index contributed by atoms with van der Waals surface area (Å²) in [6.07, 6.45) is 12.4. The summed E-state index contributed by atoms with van der Waals surface area (Å²) in [7, 11) is 0. The normalized spacial score (nSPS) is 18.8. The van der Waals surface area contributed by atoms with Gasteiger partial charge >= 0.3 is 0 Å². The van der Waals surface area contributed by atoms with Gasteiger partial charge in [0, 0.05) is 26.7 Å². The van der Waals surface area contributed by atoms with E-state index in [-0.39, 0.29) is 16.5 Å². The molecule has 2 heterocycles. The monoisotopic (exact) mass is 636 g/mol. The number of halogens is 1. The third-order valence-corrected chi connectivity index (χ3v) is 11.3. The predicted octanol–water partition coefficient (Wildman–Crippen LogP) is 11.1. The molecule has 0 saturated heterocycles. The van der Waals surface area contributed by atoms with E-state index in [0.29, 0.717) is 0 Å². The van der Waals surface area contributed by atoms with Gasteiger partial charge in [-0.05, 0) is 103 Å². The molecule has 0 N–H and O–H groups in total. The molecule has 0 amide bonds. The Morgan fingerprint density at radius 3 is 1.42 bits per heavy atom. The number of rotatable bonds is 4. The number of nitrogens with zero attached hydrogens (tertiary/aromatic N) is 4. The molecule has 5 heteroatoms. The fourth-order valence-corrected chi connectivity index (χ4v) is 8.55. The molecule has 3 aromatic carbocycles. The number of hydrogen-bond acceptors (Lipinski definition) is 2. The molecule has 2 fully saturated rings. The van der Waals surface area contributed by atoms with Crippen LogP contribution in [0.15, 0.2) is 65.1 Å². The van der Waals surface area contributed by atoms with E-state index in [0.717, 1.165) is 38.3 Å². The Morgan fingerprint density at radius 1 is 0.628 bits per heavy atom. The summed E-state index contributed by atoms with van der Waals surface area (Å²) in [4.78, 5) is 10.8. The maximum absolute atomic E-state index is 5.40. The number of fused-ring (bicyclic) bond motifs is 2. The Morgan fingerprint density at radius 2 is 1.02 bits per heavy atom. The average molecular weight is 638 g/mol. The van der Waals surface area contributed by atoms with Crippen LogP contribution in [0.4, 0.5) is 0 Å². The van der Waals surface area contributed by atoms with E-state index in [1.807, 2.05) is 0 Å². The van der Waals surface area contributed by atoms with Crippen molar-refractivity contribution < 1.29 is 0 Å². The Bertz CT molecular complexity index is 1680. The van der Waals surface area contributed by atoms with Crippen molar-refractivity contribution in [3.63, 3.8) is 0 Å². The van der Waals surface area contributed by atoms with Crippen molar-refractivity contribution in [1.82, 2.24) is 19.1 Å². The molecule has 2 aliphatic carbocycles. The summed E-state index contributed by atoms with van der Waals surface area (Å²) in [5, 5.41) is 0. The van der Waals surface area contributed by atoms with Gasteiger partial charge in [-0.15, -0.1) is 0 Å². The Kier molecular flexibility index (Phi) is 7.11. The zero-order valence-corrected chi connectivity index (χ0v) is 28.1. The first-order valence-corrected chi connectivity index (χ1v) is 17.2. The van der Waals surface area contributed by atoms with Crippen molar-refractivity contribution >= 4 is 38.0 Å². The molecule has 5 aromatic rings. The molecule has 2 aliphatic rings. The van der Waals surface area contributed by atoms with Gasteiger partial charge in [0.2, 0.25) is 0 Å². The minimum Gasteiger partial charge on any atom is -0.318 e. The van der Waals surface area contributed by atoms with Crippen LogP contribution in [0.25, 0.3) is 44.8 Å². The molecule has 43 heavy (non-hydrogen) atoms. The lowest BCUT2D eigenvalue weighted by Gasteiger charge is -2.38. The summed E-state index contributed by atoms with van der Waals surface area (Å²) >= 11 is 4.22. The molecule has 2 aromatic heterocycles. The van der Waals surface area contributed by atoms with E-state index in [1.165, 1.54) is 80.8 Å². The molecule has 0 unspecified atom stereocenters. The highest BCUT2D eigenvalue weighted by Gasteiger charge is 2.36. The van der Waals surface area contributed by atoms with Gasteiger partial charge in [0.1, 0.15) is 11.6 Å². The third-order valence-electron chi connectivity index (χ3n) is 10.5. The fourth-order valence-electron chi connectivity index (χ4n) is 7.96. The predicted molar refractivity (Wildman–Crippen MR) is 184 cm³/mol. The largest absolute Gasteiger partial charge is 0.318 e. The lowest BCUT2D eigenvalue weighted by Crippen LogP contribution is -2.33. The van der Waals surface area contributed by atoms with Crippen LogP contribution in [0.2, 0.25) is 0 Å². The van der Waals surface area contributed by atoms with Crippen LogP contribution in [0, 0.1) is 0 Å². The van der Waals surface area contributed by atoms with Gasteiger partial charge in [0.25, 0.3) is 0 Å². The van der Waals surface area contributed by atoms with Gasteiger partial charge < -0.3 is 9.13 Å². The van der Waals surface area contributed by atoms with Crippen LogP contribution in [-0.4, -0.2) is 19.1 Å². The Hall–Kier alpha value is -2.92. The maximum atomic E-state index is 5.40. The highest BCUT2D eigenvalue weighted by Crippen LogP contribution is 2.47. The second kappa shape index (κ2) is 10.6.